The summed E-state index contributed by atoms with van der Waals surface area (Å²) in [6.45, 7) is 3.65. The zero-order chi connectivity index (χ0) is 11.6. The third kappa shape index (κ3) is 2.72. The number of rotatable bonds is 3. The molecule has 1 atom stereocenters. The van der Waals surface area contributed by atoms with Gasteiger partial charge >= 0.3 is 5.97 Å². The number of halogens is 1. The molecule has 0 saturated heterocycles. The van der Waals surface area contributed by atoms with Gasteiger partial charge in [-0.3, -0.25) is 4.79 Å². The molecule has 0 aromatic heterocycles. The molecule has 0 spiro atoms. The summed E-state index contributed by atoms with van der Waals surface area (Å²) in [6, 6.07) is 3.63. The van der Waals surface area contributed by atoms with Crippen LogP contribution in [0.25, 0.3) is 0 Å². The number of aryl methyl sites for hydroxylation is 1. The molecule has 0 aliphatic heterocycles. The number of phenols is 1. The van der Waals surface area contributed by atoms with Crippen LogP contribution in [0.3, 0.4) is 0 Å². The molecule has 1 aromatic rings. The van der Waals surface area contributed by atoms with Gasteiger partial charge in [-0.25, -0.2) is 0 Å². The number of phenolic OH excluding ortho intramolecular Hbond substituents is 1. The van der Waals surface area contributed by atoms with Gasteiger partial charge in [-0.15, -0.1) is 0 Å². The molecule has 0 bridgehead atoms. The number of hydrogen-bond acceptors (Lipinski definition) is 2. The van der Waals surface area contributed by atoms with Crippen molar-refractivity contribution in [3.8, 4) is 5.75 Å². The van der Waals surface area contributed by atoms with Gasteiger partial charge in [-0.1, -0.05) is 19.1 Å². The lowest BCUT2D eigenvalue weighted by molar-refractivity contribution is -0.137. The van der Waals surface area contributed by atoms with Crippen LogP contribution in [0.1, 0.15) is 30.4 Å². The van der Waals surface area contributed by atoms with E-state index >= 15 is 0 Å². The minimum Gasteiger partial charge on any atom is -0.506 e. The quantitative estimate of drug-likeness (QED) is 0.889. The van der Waals surface area contributed by atoms with Gasteiger partial charge in [0.25, 0.3) is 0 Å². The molecule has 0 amide bonds. The number of carbonyl (C=O) groups is 1. The number of carboxylic acid groups (broad SMARTS) is 1. The number of aromatic hydroxyl groups is 1. The summed E-state index contributed by atoms with van der Waals surface area (Å²) in [6.07, 6.45) is 0.0169. The fourth-order valence-electron chi connectivity index (χ4n) is 1.45. The summed E-state index contributed by atoms with van der Waals surface area (Å²) in [5.41, 5.74) is 1.59. The van der Waals surface area contributed by atoms with Crippen molar-refractivity contribution in [1.82, 2.24) is 0 Å². The molecule has 0 heterocycles. The summed E-state index contributed by atoms with van der Waals surface area (Å²) in [7, 11) is 0. The van der Waals surface area contributed by atoms with Gasteiger partial charge in [0.15, 0.2) is 0 Å². The Labute approximate surface area is 96.9 Å². The van der Waals surface area contributed by atoms with E-state index in [2.05, 4.69) is 15.9 Å². The molecule has 4 heteroatoms. The third-order valence-electron chi connectivity index (χ3n) is 2.35. The molecule has 1 rings (SSSR count). The van der Waals surface area contributed by atoms with E-state index in [4.69, 9.17) is 5.11 Å². The van der Waals surface area contributed by atoms with Crippen molar-refractivity contribution in [2.75, 3.05) is 0 Å². The van der Waals surface area contributed by atoms with E-state index in [0.29, 0.717) is 10.0 Å². The van der Waals surface area contributed by atoms with Gasteiger partial charge < -0.3 is 10.2 Å². The molecule has 2 N–H and O–H groups in total. The summed E-state index contributed by atoms with van der Waals surface area (Å²) in [4.78, 5) is 10.6. The van der Waals surface area contributed by atoms with Crippen molar-refractivity contribution in [2.45, 2.75) is 26.2 Å². The monoisotopic (exact) mass is 272 g/mol. The highest BCUT2D eigenvalue weighted by atomic mass is 79.9. The van der Waals surface area contributed by atoms with E-state index in [1.807, 2.05) is 13.0 Å². The molecule has 82 valence electrons. The van der Waals surface area contributed by atoms with Crippen LogP contribution >= 0.6 is 15.9 Å². The Morgan fingerprint density at radius 1 is 1.53 bits per heavy atom. The molecule has 0 saturated carbocycles. The predicted octanol–water partition coefficient (Wildman–Crippen LogP) is 3.04. The predicted molar refractivity (Wildman–Crippen MR) is 61.2 cm³/mol. The van der Waals surface area contributed by atoms with Crippen LogP contribution in [0, 0.1) is 6.92 Å². The lowest BCUT2D eigenvalue weighted by Gasteiger charge is -2.13. The summed E-state index contributed by atoms with van der Waals surface area (Å²) >= 11 is 3.27. The van der Waals surface area contributed by atoms with E-state index in [9.17, 15) is 9.90 Å². The van der Waals surface area contributed by atoms with Gasteiger partial charge in [0.2, 0.25) is 0 Å². The smallest absolute Gasteiger partial charge is 0.303 e. The Morgan fingerprint density at radius 3 is 2.67 bits per heavy atom. The minimum atomic E-state index is -0.862. The lowest BCUT2D eigenvalue weighted by Crippen LogP contribution is -2.03. The SMILES string of the molecule is Cc1ccc(C(C)CC(=O)O)c(O)c1Br. The summed E-state index contributed by atoms with van der Waals surface area (Å²) in [5.74, 6) is -0.915. The Bertz CT molecular complexity index is 388. The highest BCUT2D eigenvalue weighted by Crippen LogP contribution is 2.36. The highest BCUT2D eigenvalue weighted by molar-refractivity contribution is 9.10. The summed E-state index contributed by atoms with van der Waals surface area (Å²) < 4.78 is 0.636. The maximum Gasteiger partial charge on any atom is 0.303 e. The Hall–Kier alpha value is -1.03. The molecular weight excluding hydrogens is 260 g/mol. The molecule has 0 fully saturated rings. The average Bonchev–Trinajstić information content (AvgIpc) is 2.13. The molecular formula is C11H13BrO3. The van der Waals surface area contributed by atoms with Crippen LogP contribution in [0.15, 0.2) is 16.6 Å². The van der Waals surface area contributed by atoms with E-state index in [1.54, 1.807) is 13.0 Å². The summed E-state index contributed by atoms with van der Waals surface area (Å²) in [5, 5.41) is 18.5. The van der Waals surface area contributed by atoms with Gasteiger partial charge in [0.1, 0.15) is 5.75 Å². The van der Waals surface area contributed by atoms with Crippen LogP contribution in [0.2, 0.25) is 0 Å². The third-order valence-corrected chi connectivity index (χ3v) is 3.35. The topological polar surface area (TPSA) is 57.5 Å². The van der Waals surface area contributed by atoms with Crippen LogP contribution in [0.5, 0.6) is 5.75 Å². The van der Waals surface area contributed by atoms with E-state index < -0.39 is 5.97 Å². The van der Waals surface area contributed by atoms with E-state index in [-0.39, 0.29) is 18.1 Å². The fourth-order valence-corrected chi connectivity index (χ4v) is 1.81. The maximum absolute atomic E-state index is 10.6. The van der Waals surface area contributed by atoms with Crippen molar-refractivity contribution in [3.63, 3.8) is 0 Å². The minimum absolute atomic E-state index is 0.0169. The average molecular weight is 273 g/mol. The second kappa shape index (κ2) is 4.66. The van der Waals surface area contributed by atoms with Crippen molar-refractivity contribution in [3.05, 3.63) is 27.7 Å². The van der Waals surface area contributed by atoms with E-state index in [0.717, 1.165) is 5.56 Å². The number of carboxylic acids is 1. The highest BCUT2D eigenvalue weighted by Gasteiger charge is 2.16. The standard InChI is InChI=1S/C11H13BrO3/c1-6-3-4-8(11(15)10(6)12)7(2)5-9(13)14/h3-4,7,15H,5H2,1-2H3,(H,13,14). The molecule has 0 aliphatic rings. The number of aliphatic carboxylic acids is 1. The normalized spacial score (nSPS) is 12.5. The largest absolute Gasteiger partial charge is 0.506 e. The molecule has 1 aromatic carbocycles. The second-order valence-electron chi connectivity index (χ2n) is 3.63. The number of hydrogen-bond donors (Lipinski definition) is 2. The van der Waals surface area contributed by atoms with Crippen LogP contribution in [0.4, 0.5) is 0 Å². The van der Waals surface area contributed by atoms with Gasteiger partial charge in [0, 0.05) is 0 Å². The lowest BCUT2D eigenvalue weighted by atomic mass is 9.96. The molecule has 1 unspecified atom stereocenters. The number of benzene rings is 1. The van der Waals surface area contributed by atoms with Crippen molar-refractivity contribution in [2.24, 2.45) is 0 Å². The van der Waals surface area contributed by atoms with Gasteiger partial charge in [-0.2, -0.15) is 0 Å². The van der Waals surface area contributed by atoms with Crippen molar-refractivity contribution in [1.29, 1.82) is 0 Å². The Morgan fingerprint density at radius 2 is 2.13 bits per heavy atom. The Kier molecular flexibility index (Phi) is 3.74. The first-order chi connectivity index (χ1) is 6.93. The molecule has 0 aliphatic carbocycles. The van der Waals surface area contributed by atoms with E-state index in [1.165, 1.54) is 0 Å². The zero-order valence-corrected chi connectivity index (χ0v) is 10.2. The molecule has 3 nitrogen and oxygen atoms in total. The van der Waals surface area contributed by atoms with Gasteiger partial charge in [-0.05, 0) is 39.9 Å². The first kappa shape index (κ1) is 12.0. The first-order valence-corrected chi connectivity index (χ1v) is 5.42. The van der Waals surface area contributed by atoms with Crippen LogP contribution in [-0.2, 0) is 4.79 Å². The van der Waals surface area contributed by atoms with Crippen molar-refractivity contribution < 1.29 is 15.0 Å². The zero-order valence-electron chi connectivity index (χ0n) is 8.62. The fraction of sp³-hybridized carbons (Fsp3) is 0.364. The van der Waals surface area contributed by atoms with Crippen LogP contribution < -0.4 is 0 Å². The van der Waals surface area contributed by atoms with Crippen LogP contribution in [-0.4, -0.2) is 16.2 Å². The maximum atomic E-state index is 10.6. The van der Waals surface area contributed by atoms with Gasteiger partial charge in [0.05, 0.1) is 10.9 Å². The second-order valence-corrected chi connectivity index (χ2v) is 4.43. The first-order valence-electron chi connectivity index (χ1n) is 4.63. The Balaban J connectivity index is 3.05. The molecule has 0 radical (unpaired) electrons. The molecule has 15 heavy (non-hydrogen) atoms. The van der Waals surface area contributed by atoms with Crippen molar-refractivity contribution >= 4 is 21.9 Å².